The van der Waals surface area contributed by atoms with E-state index in [9.17, 15) is 19.8 Å². The monoisotopic (exact) mass is 1320 g/mol. The predicted octanol–water partition coefficient (Wildman–Crippen LogP) is 28.9. The maximum Gasteiger partial charge on any atom is 0.305 e. The summed E-state index contributed by atoms with van der Waals surface area (Å²) >= 11 is 0. The number of aliphatic hydroxyl groups is 2. The van der Waals surface area contributed by atoms with Crippen molar-refractivity contribution in [2.75, 3.05) is 13.2 Å². The van der Waals surface area contributed by atoms with Crippen LogP contribution >= 0.6 is 0 Å². The summed E-state index contributed by atoms with van der Waals surface area (Å²) in [6.45, 7) is 4.93. The zero-order valence-electron chi connectivity index (χ0n) is 64.0. The smallest absolute Gasteiger partial charge is 0.305 e. The molecule has 0 fully saturated rings. The van der Waals surface area contributed by atoms with Gasteiger partial charge in [-0.15, -0.1) is 0 Å². The molecule has 0 aliphatic carbocycles. The van der Waals surface area contributed by atoms with Crippen molar-refractivity contribution >= 4 is 11.9 Å². The van der Waals surface area contributed by atoms with Crippen molar-refractivity contribution in [1.29, 1.82) is 0 Å². The third-order valence-corrected chi connectivity index (χ3v) is 20.4. The minimum Gasteiger partial charge on any atom is -0.466 e. The Morgan fingerprint density at radius 2 is 0.532 bits per heavy atom. The number of carbonyl (C=O) groups is 2. The van der Waals surface area contributed by atoms with Crippen LogP contribution < -0.4 is 5.32 Å². The fourth-order valence-electron chi connectivity index (χ4n) is 13.8. The molecular weight excluding hydrogens is 1150 g/mol. The molecule has 1 amide bonds. The van der Waals surface area contributed by atoms with Crippen molar-refractivity contribution in [2.45, 2.75) is 501 Å². The van der Waals surface area contributed by atoms with Crippen LogP contribution in [-0.2, 0) is 14.3 Å². The molecule has 2 unspecified atom stereocenters. The number of nitrogens with one attached hydrogen (secondary N) is 1. The van der Waals surface area contributed by atoms with E-state index in [2.05, 4.69) is 43.5 Å². The normalized spacial score (nSPS) is 12.6. The third-order valence-electron chi connectivity index (χ3n) is 20.4. The molecular formula is C88H169NO5. The van der Waals surface area contributed by atoms with Gasteiger partial charge >= 0.3 is 5.97 Å². The molecule has 6 heteroatoms. The number of hydrogen-bond donors (Lipinski definition) is 3. The molecule has 0 bridgehead atoms. The number of rotatable bonds is 82. The summed E-state index contributed by atoms with van der Waals surface area (Å²) in [6, 6.07) is -0.624. The molecule has 0 aliphatic heterocycles. The van der Waals surface area contributed by atoms with Crippen LogP contribution in [0.15, 0.2) is 36.5 Å². The Kier molecular flexibility index (Phi) is 81.8. The van der Waals surface area contributed by atoms with E-state index in [1.807, 2.05) is 6.08 Å². The minimum absolute atomic E-state index is 0.0210. The number of aliphatic hydroxyl groups excluding tert-OH is 2. The molecule has 0 radical (unpaired) electrons. The molecule has 3 N–H and O–H groups in total. The Bertz CT molecular complexity index is 1520. The highest BCUT2D eigenvalue weighted by molar-refractivity contribution is 5.76. The van der Waals surface area contributed by atoms with Gasteiger partial charge in [-0.2, -0.15) is 0 Å². The fourth-order valence-corrected chi connectivity index (χ4v) is 13.8. The molecule has 0 aromatic carbocycles. The van der Waals surface area contributed by atoms with Gasteiger partial charge in [0.05, 0.1) is 25.4 Å². The topological polar surface area (TPSA) is 95.9 Å². The molecule has 0 aromatic heterocycles. The van der Waals surface area contributed by atoms with Crippen molar-refractivity contribution in [2.24, 2.45) is 0 Å². The summed E-state index contributed by atoms with van der Waals surface area (Å²) in [5.74, 6) is -0.0363. The van der Waals surface area contributed by atoms with Gasteiger partial charge in [-0.25, -0.2) is 0 Å². The van der Waals surface area contributed by atoms with Crippen LogP contribution in [0.25, 0.3) is 0 Å². The lowest BCUT2D eigenvalue weighted by Gasteiger charge is -2.20. The molecule has 0 aliphatic rings. The zero-order valence-corrected chi connectivity index (χ0v) is 64.0. The van der Waals surface area contributed by atoms with Gasteiger partial charge in [0.2, 0.25) is 5.91 Å². The van der Waals surface area contributed by atoms with E-state index < -0.39 is 12.1 Å². The second kappa shape index (κ2) is 83.5. The lowest BCUT2D eigenvalue weighted by molar-refractivity contribution is -0.143. The number of esters is 1. The average Bonchev–Trinajstić information content (AvgIpc) is 3.79. The van der Waals surface area contributed by atoms with Crippen LogP contribution in [0, 0.1) is 0 Å². The van der Waals surface area contributed by atoms with Crippen LogP contribution in [0.4, 0.5) is 0 Å². The molecule has 94 heavy (non-hydrogen) atoms. The fraction of sp³-hybridized carbons (Fsp3) is 0.909. The van der Waals surface area contributed by atoms with Gasteiger partial charge in [0.15, 0.2) is 0 Å². The van der Waals surface area contributed by atoms with E-state index in [-0.39, 0.29) is 18.5 Å². The maximum atomic E-state index is 12.5. The Morgan fingerprint density at radius 3 is 0.830 bits per heavy atom. The highest BCUT2D eigenvalue weighted by Crippen LogP contribution is 2.21. The van der Waals surface area contributed by atoms with Crippen molar-refractivity contribution in [3.63, 3.8) is 0 Å². The maximum absolute atomic E-state index is 12.5. The lowest BCUT2D eigenvalue weighted by atomic mass is 10.0. The van der Waals surface area contributed by atoms with E-state index in [0.29, 0.717) is 19.4 Å². The first-order chi connectivity index (χ1) is 46.5. The molecule has 0 saturated heterocycles. The highest BCUT2D eigenvalue weighted by atomic mass is 16.5. The Morgan fingerprint density at radius 1 is 0.298 bits per heavy atom. The van der Waals surface area contributed by atoms with Crippen molar-refractivity contribution < 1.29 is 24.5 Å². The average molecular weight is 1320 g/mol. The van der Waals surface area contributed by atoms with Gasteiger partial charge < -0.3 is 20.3 Å². The summed E-state index contributed by atoms with van der Waals surface area (Å²) < 4.78 is 5.52. The standard InChI is InChI=1S/C88H169NO5/c1-3-5-7-9-11-13-15-17-19-21-44-48-52-56-60-64-68-72-76-80-86(91)85(84-90)89-87(92)81-77-73-69-65-61-57-53-49-46-42-40-38-36-34-32-30-28-26-24-23-25-27-29-31-33-35-37-39-41-43-47-51-55-59-63-67-71-75-79-83-94-88(93)82-78-74-70-66-62-58-54-50-45-22-20-18-16-14-12-10-8-6-4-2/h12,14,18,20,76,80,85-86,90-91H,3-11,13,15-17,19,21-75,77-79,81-84H2,1-2H3,(H,89,92)/b14-12-,20-18-,80-76+. The number of allylic oxidation sites excluding steroid dienone is 5. The van der Waals surface area contributed by atoms with Crippen LogP contribution in [0.5, 0.6) is 0 Å². The summed E-state index contributed by atoms with van der Waals surface area (Å²) in [6.07, 6.45) is 110. The highest BCUT2D eigenvalue weighted by Gasteiger charge is 2.18. The summed E-state index contributed by atoms with van der Waals surface area (Å²) in [5.41, 5.74) is 0. The molecule has 2 atom stereocenters. The largest absolute Gasteiger partial charge is 0.466 e. The number of ether oxygens (including phenoxy) is 1. The molecule has 0 rings (SSSR count). The van der Waals surface area contributed by atoms with Crippen LogP contribution in [0.2, 0.25) is 0 Å². The van der Waals surface area contributed by atoms with Crippen LogP contribution in [0.3, 0.4) is 0 Å². The first-order valence-corrected chi connectivity index (χ1v) is 43.3. The first kappa shape index (κ1) is 92.1. The molecule has 0 heterocycles. The van der Waals surface area contributed by atoms with E-state index in [4.69, 9.17) is 4.74 Å². The molecule has 0 spiro atoms. The Balaban J connectivity index is 3.30. The molecule has 556 valence electrons. The number of amides is 1. The van der Waals surface area contributed by atoms with E-state index in [1.54, 1.807) is 6.08 Å². The van der Waals surface area contributed by atoms with E-state index in [0.717, 1.165) is 44.9 Å². The first-order valence-electron chi connectivity index (χ1n) is 43.3. The van der Waals surface area contributed by atoms with Crippen LogP contribution in [-0.4, -0.2) is 47.4 Å². The number of carbonyl (C=O) groups excluding carboxylic acids is 2. The summed E-state index contributed by atoms with van der Waals surface area (Å²) in [4.78, 5) is 24.7. The zero-order chi connectivity index (χ0) is 67.7. The molecule has 0 aromatic rings. The van der Waals surface area contributed by atoms with Crippen molar-refractivity contribution in [1.82, 2.24) is 5.32 Å². The minimum atomic E-state index is -0.841. The Labute approximate surface area is 589 Å². The van der Waals surface area contributed by atoms with Crippen LogP contribution in [0.1, 0.15) is 489 Å². The number of unbranched alkanes of at least 4 members (excludes halogenated alkanes) is 67. The predicted molar refractivity (Wildman–Crippen MR) is 416 cm³/mol. The van der Waals surface area contributed by atoms with Gasteiger partial charge in [0.1, 0.15) is 0 Å². The SMILES string of the molecule is CCCCC/C=C\C/C=C\CCCCCCCCCCCC(=O)OCCCCCCCCCCCCCCCCCCCCCCCCCCCCCCCCCCCCCCCCCC(=O)NC(CO)C(O)/C=C/CCCCCCCCCCCCCCCCCCC. The van der Waals surface area contributed by atoms with Crippen molar-refractivity contribution in [3.05, 3.63) is 36.5 Å². The van der Waals surface area contributed by atoms with E-state index in [1.165, 1.54) is 417 Å². The summed E-state index contributed by atoms with van der Waals surface area (Å²) in [7, 11) is 0. The number of hydrogen-bond acceptors (Lipinski definition) is 5. The second-order valence-electron chi connectivity index (χ2n) is 29.9. The second-order valence-corrected chi connectivity index (χ2v) is 29.9. The quantitative estimate of drug-likeness (QED) is 0.0320. The van der Waals surface area contributed by atoms with Gasteiger partial charge in [0.25, 0.3) is 0 Å². The van der Waals surface area contributed by atoms with Gasteiger partial charge in [-0.3, -0.25) is 9.59 Å². The molecule has 6 nitrogen and oxygen atoms in total. The van der Waals surface area contributed by atoms with Gasteiger partial charge in [-0.1, -0.05) is 448 Å². The van der Waals surface area contributed by atoms with Crippen molar-refractivity contribution in [3.8, 4) is 0 Å². The Hall–Kier alpha value is -1.92. The van der Waals surface area contributed by atoms with Gasteiger partial charge in [0, 0.05) is 12.8 Å². The lowest BCUT2D eigenvalue weighted by Crippen LogP contribution is -2.45. The summed E-state index contributed by atoms with van der Waals surface area (Å²) in [5, 5.41) is 23.3. The third kappa shape index (κ3) is 79.1. The van der Waals surface area contributed by atoms with E-state index >= 15 is 0 Å². The van der Waals surface area contributed by atoms with Gasteiger partial charge in [-0.05, 0) is 64.2 Å². The molecule has 0 saturated carbocycles.